The minimum absolute atomic E-state index is 0.0876. The van der Waals surface area contributed by atoms with Crippen molar-refractivity contribution >= 4 is 18.1 Å². The van der Waals surface area contributed by atoms with Crippen LogP contribution in [0.25, 0.3) is 12.2 Å². The van der Waals surface area contributed by atoms with Crippen LogP contribution in [0.5, 0.6) is 5.75 Å². The van der Waals surface area contributed by atoms with E-state index in [1.807, 2.05) is 72.2 Å². The molecule has 0 aliphatic carbocycles. The Hall–Kier alpha value is -2.59. The Kier molecular flexibility index (Phi) is 4.92. The molecule has 1 amide bonds. The maximum Gasteiger partial charge on any atom is 0.271 e. The Morgan fingerprint density at radius 1 is 1.00 bits per heavy atom. The number of nitrogens with one attached hydrogen (secondary N) is 1. The van der Waals surface area contributed by atoms with Gasteiger partial charge in [-0.1, -0.05) is 54.6 Å². The number of carbonyl (C=O) groups excluding carboxylic acids is 1. The van der Waals surface area contributed by atoms with E-state index < -0.39 is 0 Å². The van der Waals surface area contributed by atoms with Gasteiger partial charge in [-0.05, 0) is 23.3 Å². The van der Waals surface area contributed by atoms with Crippen molar-refractivity contribution in [3.63, 3.8) is 0 Å². The monoisotopic (exact) mass is 268 g/mol. The lowest BCUT2D eigenvalue weighted by Gasteiger charge is -2.04. The third-order valence-electron chi connectivity index (χ3n) is 2.68. The summed E-state index contributed by atoms with van der Waals surface area (Å²) in [5, 5.41) is 0. The van der Waals surface area contributed by atoms with Crippen molar-refractivity contribution in [3.05, 3.63) is 65.7 Å². The number of hydrazine groups is 1. The van der Waals surface area contributed by atoms with E-state index in [1.165, 1.54) is 0 Å². The summed E-state index contributed by atoms with van der Waals surface area (Å²) in [4.78, 5) is 10.9. The summed E-state index contributed by atoms with van der Waals surface area (Å²) in [5.74, 6) is 5.23. The fraction of sp³-hybridized carbons (Fsp3) is 0.0625. The molecule has 0 aliphatic heterocycles. The van der Waals surface area contributed by atoms with E-state index in [2.05, 4.69) is 0 Å². The minimum Gasteiger partial charge on any atom is -0.484 e. The maximum absolute atomic E-state index is 10.9. The van der Waals surface area contributed by atoms with Crippen LogP contribution >= 0.6 is 0 Å². The molecule has 0 atom stereocenters. The summed E-state index contributed by atoms with van der Waals surface area (Å²) in [6.07, 6.45) is 4.06. The van der Waals surface area contributed by atoms with E-state index in [0.29, 0.717) is 5.75 Å². The molecular formula is C16H16N2O2. The van der Waals surface area contributed by atoms with E-state index in [0.717, 1.165) is 11.1 Å². The number of rotatable bonds is 5. The summed E-state index contributed by atoms with van der Waals surface area (Å²) in [6, 6.07) is 17.5. The highest BCUT2D eigenvalue weighted by Gasteiger charge is 1.99. The summed E-state index contributed by atoms with van der Waals surface area (Å²) >= 11 is 0. The zero-order chi connectivity index (χ0) is 14.2. The maximum atomic E-state index is 10.9. The predicted octanol–water partition coefficient (Wildman–Crippen LogP) is 2.23. The molecule has 3 N–H and O–H groups in total. The Labute approximate surface area is 117 Å². The van der Waals surface area contributed by atoms with Crippen LogP contribution in [-0.4, -0.2) is 12.5 Å². The van der Waals surface area contributed by atoms with Crippen LogP contribution in [0.1, 0.15) is 11.1 Å². The predicted molar refractivity (Wildman–Crippen MR) is 79.6 cm³/mol. The number of nitrogens with two attached hydrogens (primary N) is 1. The zero-order valence-electron chi connectivity index (χ0n) is 11.0. The standard InChI is InChI=1S/C16H16N2O2/c17-18-16(19)12-20-15-10-8-14(9-11-15)7-6-13-4-2-1-3-5-13/h1-11H,12,17H2,(H,18,19)/b7-6+. The largest absolute Gasteiger partial charge is 0.484 e. The summed E-state index contributed by atoms with van der Waals surface area (Å²) in [7, 11) is 0. The first-order chi connectivity index (χ1) is 9.78. The third-order valence-corrected chi connectivity index (χ3v) is 2.68. The lowest BCUT2D eigenvalue weighted by Crippen LogP contribution is -2.34. The summed E-state index contributed by atoms with van der Waals surface area (Å²) in [6.45, 7) is -0.0876. The number of hydrogen-bond donors (Lipinski definition) is 2. The molecule has 0 saturated carbocycles. The number of amides is 1. The van der Waals surface area contributed by atoms with Crippen molar-refractivity contribution < 1.29 is 9.53 Å². The van der Waals surface area contributed by atoms with E-state index in [1.54, 1.807) is 0 Å². The average Bonchev–Trinajstić information content (AvgIpc) is 2.52. The van der Waals surface area contributed by atoms with Gasteiger partial charge in [0, 0.05) is 0 Å². The fourth-order valence-corrected chi connectivity index (χ4v) is 1.62. The molecule has 2 aromatic carbocycles. The SMILES string of the molecule is NNC(=O)COc1ccc(/C=C/c2ccccc2)cc1. The Bertz CT molecular complexity index is 577. The number of benzene rings is 2. The van der Waals surface area contributed by atoms with Crippen molar-refractivity contribution in [2.75, 3.05) is 6.61 Å². The van der Waals surface area contributed by atoms with Crippen LogP contribution in [0.4, 0.5) is 0 Å². The van der Waals surface area contributed by atoms with Crippen LogP contribution in [0.2, 0.25) is 0 Å². The summed E-state index contributed by atoms with van der Waals surface area (Å²) in [5.41, 5.74) is 4.22. The van der Waals surface area contributed by atoms with Crippen molar-refractivity contribution in [1.82, 2.24) is 5.43 Å². The molecule has 0 bridgehead atoms. The molecule has 0 fully saturated rings. The lowest BCUT2D eigenvalue weighted by atomic mass is 10.1. The Balaban J connectivity index is 1.95. The lowest BCUT2D eigenvalue weighted by molar-refractivity contribution is -0.123. The molecule has 0 saturated heterocycles. The van der Waals surface area contributed by atoms with Gasteiger partial charge < -0.3 is 4.74 Å². The molecule has 0 spiro atoms. The van der Waals surface area contributed by atoms with Gasteiger partial charge in [-0.3, -0.25) is 10.2 Å². The van der Waals surface area contributed by atoms with Crippen molar-refractivity contribution in [2.24, 2.45) is 5.84 Å². The molecule has 4 heteroatoms. The van der Waals surface area contributed by atoms with Crippen LogP contribution in [0.3, 0.4) is 0 Å². The molecule has 2 rings (SSSR count). The van der Waals surface area contributed by atoms with Gasteiger partial charge in [0.1, 0.15) is 5.75 Å². The molecular weight excluding hydrogens is 252 g/mol. The molecule has 0 radical (unpaired) electrons. The van der Waals surface area contributed by atoms with E-state index in [9.17, 15) is 4.79 Å². The van der Waals surface area contributed by atoms with Gasteiger partial charge in [0.05, 0.1) is 0 Å². The van der Waals surface area contributed by atoms with Gasteiger partial charge in [-0.15, -0.1) is 0 Å². The average molecular weight is 268 g/mol. The summed E-state index contributed by atoms with van der Waals surface area (Å²) < 4.78 is 5.26. The zero-order valence-corrected chi connectivity index (χ0v) is 11.0. The van der Waals surface area contributed by atoms with E-state index in [-0.39, 0.29) is 12.5 Å². The quantitative estimate of drug-likeness (QED) is 0.378. The first-order valence-electron chi connectivity index (χ1n) is 6.23. The highest BCUT2D eigenvalue weighted by molar-refractivity contribution is 5.76. The Morgan fingerprint density at radius 2 is 1.60 bits per heavy atom. The number of ether oxygens (including phenoxy) is 1. The second kappa shape index (κ2) is 7.11. The molecule has 0 unspecified atom stereocenters. The number of carbonyl (C=O) groups is 1. The normalized spacial score (nSPS) is 10.4. The van der Waals surface area contributed by atoms with Gasteiger partial charge in [-0.2, -0.15) is 0 Å². The highest BCUT2D eigenvalue weighted by atomic mass is 16.5. The molecule has 0 heterocycles. The molecule has 0 aromatic heterocycles. The first kappa shape index (κ1) is 13.8. The van der Waals surface area contributed by atoms with Gasteiger partial charge >= 0.3 is 0 Å². The van der Waals surface area contributed by atoms with Crippen LogP contribution in [0.15, 0.2) is 54.6 Å². The van der Waals surface area contributed by atoms with Crippen molar-refractivity contribution in [2.45, 2.75) is 0 Å². The molecule has 102 valence electrons. The van der Waals surface area contributed by atoms with Gasteiger partial charge in [0.2, 0.25) is 0 Å². The third kappa shape index (κ3) is 4.26. The minimum atomic E-state index is -0.363. The molecule has 2 aromatic rings. The number of hydrogen-bond acceptors (Lipinski definition) is 3. The van der Waals surface area contributed by atoms with Gasteiger partial charge in [0.15, 0.2) is 6.61 Å². The molecule has 4 nitrogen and oxygen atoms in total. The Morgan fingerprint density at radius 3 is 2.20 bits per heavy atom. The second-order valence-electron chi connectivity index (χ2n) is 4.17. The molecule has 20 heavy (non-hydrogen) atoms. The first-order valence-corrected chi connectivity index (χ1v) is 6.23. The van der Waals surface area contributed by atoms with Crippen LogP contribution < -0.4 is 16.0 Å². The topological polar surface area (TPSA) is 64.3 Å². The van der Waals surface area contributed by atoms with Gasteiger partial charge in [-0.25, -0.2) is 5.84 Å². The van der Waals surface area contributed by atoms with Crippen LogP contribution in [0, 0.1) is 0 Å². The fourth-order valence-electron chi connectivity index (χ4n) is 1.62. The molecule has 0 aliphatic rings. The van der Waals surface area contributed by atoms with Gasteiger partial charge in [0.25, 0.3) is 5.91 Å². The van der Waals surface area contributed by atoms with E-state index >= 15 is 0 Å². The van der Waals surface area contributed by atoms with E-state index in [4.69, 9.17) is 10.6 Å². The highest BCUT2D eigenvalue weighted by Crippen LogP contribution is 2.14. The smallest absolute Gasteiger partial charge is 0.271 e. The second-order valence-corrected chi connectivity index (χ2v) is 4.17. The van der Waals surface area contributed by atoms with Crippen LogP contribution in [-0.2, 0) is 4.79 Å². The van der Waals surface area contributed by atoms with Crippen molar-refractivity contribution in [3.8, 4) is 5.75 Å². The van der Waals surface area contributed by atoms with Crippen molar-refractivity contribution in [1.29, 1.82) is 0 Å².